The molecule has 0 aromatic heterocycles. The zero-order valence-electron chi connectivity index (χ0n) is 15.4. The van der Waals surface area contributed by atoms with Gasteiger partial charge >= 0.3 is 0 Å². The number of ether oxygens (including phenoxy) is 1. The summed E-state index contributed by atoms with van der Waals surface area (Å²) in [5.74, 6) is 1.13. The summed E-state index contributed by atoms with van der Waals surface area (Å²) in [7, 11) is 3.93. The molecule has 4 rings (SSSR count). The van der Waals surface area contributed by atoms with Crippen LogP contribution in [-0.4, -0.2) is 32.2 Å². The molecule has 0 saturated carbocycles. The SMILES string of the molecule is CN(C)c1ccc2nc3c4ccc(OCCCN)cc4c(=O)cc-3oc2c1. The molecule has 2 aromatic rings. The van der Waals surface area contributed by atoms with Crippen LogP contribution in [0.4, 0.5) is 5.69 Å². The Morgan fingerprint density at radius 3 is 2.74 bits per heavy atom. The van der Waals surface area contributed by atoms with Gasteiger partial charge in [-0.3, -0.25) is 4.79 Å². The Balaban J connectivity index is 1.88. The number of anilines is 1. The van der Waals surface area contributed by atoms with Gasteiger partial charge in [0.25, 0.3) is 0 Å². The van der Waals surface area contributed by atoms with Crippen LogP contribution in [0.25, 0.3) is 33.3 Å². The van der Waals surface area contributed by atoms with Crippen molar-refractivity contribution < 1.29 is 9.15 Å². The molecule has 0 fully saturated rings. The lowest BCUT2D eigenvalue weighted by atomic mass is 10.0. The maximum absolute atomic E-state index is 12.6. The maximum atomic E-state index is 12.6. The van der Waals surface area contributed by atoms with E-state index in [2.05, 4.69) is 0 Å². The molecule has 0 atom stereocenters. The monoisotopic (exact) mass is 363 g/mol. The van der Waals surface area contributed by atoms with Crippen molar-refractivity contribution >= 4 is 27.6 Å². The fourth-order valence-corrected chi connectivity index (χ4v) is 3.08. The van der Waals surface area contributed by atoms with E-state index < -0.39 is 0 Å². The highest BCUT2D eigenvalue weighted by molar-refractivity contribution is 5.97. The van der Waals surface area contributed by atoms with Gasteiger partial charge in [-0.1, -0.05) is 0 Å². The van der Waals surface area contributed by atoms with Crippen LogP contribution < -0.4 is 20.8 Å². The van der Waals surface area contributed by atoms with Crippen molar-refractivity contribution in [3.63, 3.8) is 0 Å². The Morgan fingerprint density at radius 2 is 1.96 bits per heavy atom. The standard InChI is InChI=1S/C21H21N3O3/c1-24(2)13-4-7-17-19(10-13)27-20-12-18(25)16-11-14(26-9-3-8-22)5-6-15(16)21(20)23-17/h4-7,10-12H,3,8-9,22H2,1-2H3. The van der Waals surface area contributed by atoms with Gasteiger partial charge in [0.05, 0.1) is 6.61 Å². The highest BCUT2D eigenvalue weighted by Gasteiger charge is 2.16. The van der Waals surface area contributed by atoms with E-state index >= 15 is 0 Å². The Hall–Kier alpha value is -3.12. The van der Waals surface area contributed by atoms with Crippen molar-refractivity contribution in [3.8, 4) is 17.2 Å². The lowest BCUT2D eigenvalue weighted by molar-refractivity contribution is 0.314. The van der Waals surface area contributed by atoms with Gasteiger partial charge < -0.3 is 19.8 Å². The number of aromatic nitrogens is 1. The molecule has 138 valence electrons. The summed E-state index contributed by atoms with van der Waals surface area (Å²) in [5.41, 5.74) is 8.45. The molecule has 0 radical (unpaired) electrons. The lowest BCUT2D eigenvalue weighted by Gasteiger charge is -2.14. The number of nitrogens with two attached hydrogens (primary N) is 1. The zero-order valence-corrected chi connectivity index (χ0v) is 15.4. The minimum atomic E-state index is -0.115. The summed E-state index contributed by atoms with van der Waals surface area (Å²) < 4.78 is 11.7. The van der Waals surface area contributed by atoms with Crippen molar-refractivity contribution in [2.45, 2.75) is 6.42 Å². The molecule has 2 N–H and O–H groups in total. The third-order valence-electron chi connectivity index (χ3n) is 4.54. The normalized spacial score (nSPS) is 11.4. The van der Waals surface area contributed by atoms with Crippen LogP contribution in [0.15, 0.2) is 51.7 Å². The fourth-order valence-electron chi connectivity index (χ4n) is 3.08. The van der Waals surface area contributed by atoms with Crippen LogP contribution in [0.3, 0.4) is 0 Å². The van der Waals surface area contributed by atoms with Gasteiger partial charge in [0.1, 0.15) is 17.0 Å². The summed E-state index contributed by atoms with van der Waals surface area (Å²) in [6.07, 6.45) is 0.765. The van der Waals surface area contributed by atoms with E-state index in [9.17, 15) is 4.79 Å². The molecule has 1 aliphatic heterocycles. The van der Waals surface area contributed by atoms with Gasteiger partial charge in [-0.2, -0.15) is 0 Å². The quantitative estimate of drug-likeness (QED) is 0.333. The number of benzene rings is 3. The topological polar surface area (TPSA) is 81.6 Å². The molecule has 1 heterocycles. The first-order valence-electron chi connectivity index (χ1n) is 8.88. The average Bonchev–Trinajstić information content (AvgIpc) is 2.66. The van der Waals surface area contributed by atoms with E-state index in [0.717, 1.165) is 23.0 Å². The number of rotatable bonds is 5. The molecule has 0 saturated heterocycles. The third kappa shape index (κ3) is 3.19. The van der Waals surface area contributed by atoms with Crippen LogP contribution in [0.5, 0.6) is 5.75 Å². The van der Waals surface area contributed by atoms with Crippen molar-refractivity contribution in [1.82, 2.24) is 4.98 Å². The second-order valence-electron chi connectivity index (χ2n) is 6.68. The van der Waals surface area contributed by atoms with Crippen LogP contribution >= 0.6 is 0 Å². The Labute approximate surface area is 156 Å². The van der Waals surface area contributed by atoms with E-state index in [1.165, 1.54) is 6.07 Å². The molecule has 2 aliphatic rings. The number of nitrogens with zero attached hydrogens (tertiary/aromatic N) is 2. The minimum Gasteiger partial charge on any atom is -0.494 e. The van der Waals surface area contributed by atoms with Crippen LogP contribution in [0.1, 0.15) is 6.42 Å². The van der Waals surface area contributed by atoms with E-state index in [0.29, 0.717) is 41.3 Å². The summed E-state index contributed by atoms with van der Waals surface area (Å²) in [4.78, 5) is 19.3. The molecule has 2 aromatic carbocycles. The van der Waals surface area contributed by atoms with Gasteiger partial charge in [-0.15, -0.1) is 0 Å². The molecule has 0 unspecified atom stereocenters. The van der Waals surface area contributed by atoms with Gasteiger partial charge in [-0.05, 0) is 43.3 Å². The predicted molar refractivity (Wildman–Crippen MR) is 108 cm³/mol. The smallest absolute Gasteiger partial charge is 0.190 e. The van der Waals surface area contributed by atoms with E-state index in [1.807, 2.05) is 49.3 Å². The van der Waals surface area contributed by atoms with E-state index in [1.54, 1.807) is 6.07 Å². The van der Waals surface area contributed by atoms with Crippen LogP contribution in [0.2, 0.25) is 0 Å². The minimum absolute atomic E-state index is 0.115. The molecule has 0 bridgehead atoms. The lowest BCUT2D eigenvalue weighted by Crippen LogP contribution is -2.08. The number of hydrogen-bond donors (Lipinski definition) is 1. The zero-order chi connectivity index (χ0) is 19.0. The molecule has 27 heavy (non-hydrogen) atoms. The largest absolute Gasteiger partial charge is 0.494 e. The van der Waals surface area contributed by atoms with Gasteiger partial charge in [0, 0.05) is 42.7 Å². The highest BCUT2D eigenvalue weighted by atomic mass is 16.5. The molecule has 6 nitrogen and oxygen atoms in total. The van der Waals surface area contributed by atoms with Crippen molar-refractivity contribution in [2.75, 3.05) is 32.1 Å². The third-order valence-corrected chi connectivity index (χ3v) is 4.54. The number of fused-ring (bicyclic) bond motifs is 4. The van der Waals surface area contributed by atoms with Gasteiger partial charge in [0.15, 0.2) is 16.8 Å². The summed E-state index contributed by atoms with van der Waals surface area (Å²) in [6.45, 7) is 1.09. The molecular formula is C21H21N3O3. The summed E-state index contributed by atoms with van der Waals surface area (Å²) >= 11 is 0. The van der Waals surface area contributed by atoms with E-state index in [-0.39, 0.29) is 5.43 Å². The first kappa shape index (κ1) is 17.3. The number of hydrogen-bond acceptors (Lipinski definition) is 6. The first-order valence-corrected chi connectivity index (χ1v) is 8.88. The fraction of sp³-hybridized carbons (Fsp3) is 0.238. The second-order valence-corrected chi connectivity index (χ2v) is 6.68. The average molecular weight is 363 g/mol. The Kier molecular flexibility index (Phi) is 4.41. The predicted octanol–water partition coefficient (Wildman–Crippen LogP) is 3.24. The van der Waals surface area contributed by atoms with Crippen LogP contribution in [-0.2, 0) is 0 Å². The molecule has 0 spiro atoms. The molecular weight excluding hydrogens is 342 g/mol. The first-order chi connectivity index (χ1) is 13.1. The van der Waals surface area contributed by atoms with Gasteiger partial charge in [0.2, 0.25) is 0 Å². The van der Waals surface area contributed by atoms with E-state index in [4.69, 9.17) is 19.9 Å². The maximum Gasteiger partial charge on any atom is 0.190 e. The van der Waals surface area contributed by atoms with Crippen molar-refractivity contribution in [2.24, 2.45) is 5.73 Å². The molecule has 6 heteroatoms. The van der Waals surface area contributed by atoms with Crippen LogP contribution in [0, 0.1) is 0 Å². The second kappa shape index (κ2) is 6.89. The Morgan fingerprint density at radius 1 is 1.11 bits per heavy atom. The Bertz CT molecular complexity index is 1150. The summed E-state index contributed by atoms with van der Waals surface area (Å²) in [5, 5.41) is 1.32. The summed E-state index contributed by atoms with van der Waals surface area (Å²) in [6, 6.07) is 12.8. The highest BCUT2D eigenvalue weighted by Crippen LogP contribution is 2.32. The molecule has 1 aliphatic carbocycles. The van der Waals surface area contributed by atoms with Crippen molar-refractivity contribution in [1.29, 1.82) is 0 Å². The van der Waals surface area contributed by atoms with Gasteiger partial charge in [-0.25, -0.2) is 4.98 Å². The van der Waals surface area contributed by atoms with Crippen molar-refractivity contribution in [3.05, 3.63) is 52.7 Å². The molecule has 0 amide bonds.